The van der Waals surface area contributed by atoms with Crippen LogP contribution < -0.4 is 5.73 Å². The summed E-state index contributed by atoms with van der Waals surface area (Å²) in [6.07, 6.45) is 5.39. The lowest BCUT2D eigenvalue weighted by atomic mass is 9.81. The molecule has 104 valence electrons. The Labute approximate surface area is 111 Å². The molecule has 4 heteroatoms. The molecule has 0 aromatic rings. The Balaban J connectivity index is 1.70. The van der Waals surface area contributed by atoms with E-state index in [0.717, 1.165) is 12.6 Å². The Morgan fingerprint density at radius 3 is 2.61 bits per heavy atom. The molecule has 3 fully saturated rings. The second-order valence-corrected chi connectivity index (χ2v) is 6.50. The maximum atomic E-state index is 6.21. The van der Waals surface area contributed by atoms with Crippen molar-refractivity contribution in [3.63, 3.8) is 0 Å². The second kappa shape index (κ2) is 5.08. The molecule has 0 bridgehead atoms. The molecule has 2 N–H and O–H groups in total. The normalized spacial score (nSPS) is 40.0. The summed E-state index contributed by atoms with van der Waals surface area (Å²) in [5.74, 6) is 0. The van der Waals surface area contributed by atoms with E-state index in [2.05, 4.69) is 21.7 Å². The molecule has 0 spiro atoms. The third-order valence-electron chi connectivity index (χ3n) is 5.53. The predicted molar refractivity (Wildman–Crippen MR) is 74.7 cm³/mol. The smallest absolute Gasteiger partial charge is 0.0359 e. The number of hydrogen-bond acceptors (Lipinski definition) is 4. The molecule has 0 amide bonds. The summed E-state index contributed by atoms with van der Waals surface area (Å²) >= 11 is 0. The highest BCUT2D eigenvalue weighted by Crippen LogP contribution is 2.36. The molecule has 3 aliphatic rings. The maximum Gasteiger partial charge on any atom is 0.0359 e. The summed E-state index contributed by atoms with van der Waals surface area (Å²) in [4.78, 5) is 7.85. The van der Waals surface area contributed by atoms with E-state index < -0.39 is 0 Å². The summed E-state index contributed by atoms with van der Waals surface area (Å²) in [6.45, 7) is 8.27. The van der Waals surface area contributed by atoms with Crippen molar-refractivity contribution >= 4 is 0 Å². The van der Waals surface area contributed by atoms with E-state index in [-0.39, 0.29) is 0 Å². The number of piperazine rings is 1. The van der Waals surface area contributed by atoms with Gasteiger partial charge in [-0.1, -0.05) is 0 Å². The first-order chi connectivity index (χ1) is 8.73. The number of nitrogens with two attached hydrogens (primary N) is 1. The Morgan fingerprint density at radius 1 is 1.11 bits per heavy atom. The van der Waals surface area contributed by atoms with Crippen LogP contribution >= 0.6 is 0 Å². The van der Waals surface area contributed by atoms with Gasteiger partial charge in [0.2, 0.25) is 0 Å². The van der Waals surface area contributed by atoms with Crippen LogP contribution in [0.2, 0.25) is 0 Å². The van der Waals surface area contributed by atoms with Crippen molar-refractivity contribution < 1.29 is 0 Å². The minimum atomic E-state index is 0.312. The number of fused-ring (bicyclic) bond motifs is 1. The number of piperidine rings is 1. The first kappa shape index (κ1) is 12.9. The molecular weight excluding hydrogens is 224 g/mol. The van der Waals surface area contributed by atoms with Crippen LogP contribution in [-0.4, -0.2) is 79.1 Å². The van der Waals surface area contributed by atoms with Gasteiger partial charge < -0.3 is 15.5 Å². The van der Waals surface area contributed by atoms with Gasteiger partial charge in [-0.25, -0.2) is 0 Å². The van der Waals surface area contributed by atoms with Gasteiger partial charge in [-0.3, -0.25) is 4.90 Å². The number of likely N-dealkylation sites (N-methyl/N-ethyl adjacent to an activating group) is 1. The molecule has 2 atom stereocenters. The van der Waals surface area contributed by atoms with Gasteiger partial charge in [0.25, 0.3) is 0 Å². The van der Waals surface area contributed by atoms with E-state index in [9.17, 15) is 0 Å². The minimum Gasteiger partial charge on any atom is -0.329 e. The van der Waals surface area contributed by atoms with Crippen LogP contribution in [-0.2, 0) is 0 Å². The average Bonchev–Trinajstić information content (AvgIpc) is 2.86. The maximum absolute atomic E-state index is 6.21. The van der Waals surface area contributed by atoms with E-state index >= 15 is 0 Å². The van der Waals surface area contributed by atoms with Crippen molar-refractivity contribution in [2.24, 2.45) is 5.73 Å². The molecule has 3 saturated heterocycles. The van der Waals surface area contributed by atoms with Crippen molar-refractivity contribution in [2.75, 3.05) is 52.9 Å². The van der Waals surface area contributed by atoms with E-state index in [1.165, 1.54) is 65.0 Å². The van der Waals surface area contributed by atoms with Crippen molar-refractivity contribution in [1.82, 2.24) is 14.7 Å². The summed E-state index contributed by atoms with van der Waals surface area (Å²) in [6, 6.07) is 0.821. The SMILES string of the molecule is CN1CCN(C2(CN)CCN3CCCC3C2)CC1. The fourth-order valence-corrected chi connectivity index (χ4v) is 4.20. The molecule has 0 radical (unpaired) electrons. The van der Waals surface area contributed by atoms with Gasteiger partial charge in [-0.05, 0) is 39.3 Å². The minimum absolute atomic E-state index is 0.312. The van der Waals surface area contributed by atoms with E-state index in [0.29, 0.717) is 5.54 Å². The Kier molecular flexibility index (Phi) is 3.63. The van der Waals surface area contributed by atoms with Crippen molar-refractivity contribution in [2.45, 2.75) is 37.3 Å². The van der Waals surface area contributed by atoms with Crippen LogP contribution in [0.4, 0.5) is 0 Å². The molecule has 2 unspecified atom stereocenters. The molecule has 3 aliphatic heterocycles. The van der Waals surface area contributed by atoms with Gasteiger partial charge in [0.1, 0.15) is 0 Å². The van der Waals surface area contributed by atoms with Gasteiger partial charge in [0, 0.05) is 50.8 Å². The molecule has 18 heavy (non-hydrogen) atoms. The van der Waals surface area contributed by atoms with Crippen LogP contribution in [0.3, 0.4) is 0 Å². The highest BCUT2D eigenvalue weighted by molar-refractivity contribution is 5.02. The zero-order valence-corrected chi connectivity index (χ0v) is 11.8. The van der Waals surface area contributed by atoms with Gasteiger partial charge in [0.15, 0.2) is 0 Å². The molecule has 3 rings (SSSR count). The monoisotopic (exact) mass is 252 g/mol. The quantitative estimate of drug-likeness (QED) is 0.761. The lowest BCUT2D eigenvalue weighted by Crippen LogP contribution is -2.64. The standard InChI is InChI=1S/C14H28N4/c1-16-7-9-18(10-8-16)14(12-15)4-6-17-5-2-3-13(17)11-14/h13H,2-12,15H2,1H3. The summed E-state index contributed by atoms with van der Waals surface area (Å²) in [5, 5.41) is 0. The fourth-order valence-electron chi connectivity index (χ4n) is 4.20. The van der Waals surface area contributed by atoms with E-state index in [4.69, 9.17) is 5.73 Å². The van der Waals surface area contributed by atoms with Gasteiger partial charge in [0.05, 0.1) is 0 Å². The van der Waals surface area contributed by atoms with Crippen molar-refractivity contribution in [3.8, 4) is 0 Å². The Morgan fingerprint density at radius 2 is 1.89 bits per heavy atom. The first-order valence-electron chi connectivity index (χ1n) is 7.61. The largest absolute Gasteiger partial charge is 0.329 e. The van der Waals surface area contributed by atoms with Crippen LogP contribution in [0.25, 0.3) is 0 Å². The zero-order chi connectivity index (χ0) is 12.6. The number of hydrogen-bond donors (Lipinski definition) is 1. The summed E-state index contributed by atoms with van der Waals surface area (Å²) in [5.41, 5.74) is 6.52. The molecule has 0 aromatic heterocycles. The summed E-state index contributed by atoms with van der Waals surface area (Å²) < 4.78 is 0. The lowest BCUT2D eigenvalue weighted by Gasteiger charge is -2.52. The van der Waals surface area contributed by atoms with Crippen molar-refractivity contribution in [1.29, 1.82) is 0 Å². The topological polar surface area (TPSA) is 35.7 Å². The Bertz CT molecular complexity index is 288. The zero-order valence-electron chi connectivity index (χ0n) is 11.8. The molecule has 4 nitrogen and oxygen atoms in total. The molecule has 0 saturated carbocycles. The second-order valence-electron chi connectivity index (χ2n) is 6.50. The van der Waals surface area contributed by atoms with E-state index in [1.807, 2.05) is 0 Å². The third-order valence-corrected chi connectivity index (χ3v) is 5.53. The van der Waals surface area contributed by atoms with Gasteiger partial charge in [-0.15, -0.1) is 0 Å². The third kappa shape index (κ3) is 2.20. The first-order valence-corrected chi connectivity index (χ1v) is 7.61. The molecule has 3 heterocycles. The number of rotatable bonds is 2. The molecular formula is C14H28N4. The Hall–Kier alpha value is -0.160. The highest BCUT2D eigenvalue weighted by Gasteiger charge is 2.44. The van der Waals surface area contributed by atoms with Crippen LogP contribution in [0, 0.1) is 0 Å². The van der Waals surface area contributed by atoms with Crippen LogP contribution in [0.1, 0.15) is 25.7 Å². The predicted octanol–water partition coefficient (Wildman–Crippen LogP) is 0.190. The summed E-state index contributed by atoms with van der Waals surface area (Å²) in [7, 11) is 2.23. The van der Waals surface area contributed by atoms with Crippen LogP contribution in [0.15, 0.2) is 0 Å². The highest BCUT2D eigenvalue weighted by atomic mass is 15.3. The van der Waals surface area contributed by atoms with Crippen molar-refractivity contribution in [3.05, 3.63) is 0 Å². The number of nitrogens with zero attached hydrogens (tertiary/aromatic N) is 3. The fraction of sp³-hybridized carbons (Fsp3) is 1.00. The molecule has 0 aliphatic carbocycles. The van der Waals surface area contributed by atoms with Crippen LogP contribution in [0.5, 0.6) is 0 Å². The lowest BCUT2D eigenvalue weighted by molar-refractivity contribution is -0.0134. The van der Waals surface area contributed by atoms with Gasteiger partial charge in [-0.2, -0.15) is 0 Å². The molecule has 0 aromatic carbocycles. The van der Waals surface area contributed by atoms with E-state index in [1.54, 1.807) is 0 Å². The van der Waals surface area contributed by atoms with Gasteiger partial charge >= 0.3 is 0 Å². The average molecular weight is 252 g/mol.